The summed E-state index contributed by atoms with van der Waals surface area (Å²) in [6.45, 7) is 26.8. The minimum atomic E-state index is 0.0812. The third-order valence-corrected chi connectivity index (χ3v) is 7.84. The van der Waals surface area contributed by atoms with Crippen LogP contribution in [-0.4, -0.2) is 0 Å². The maximum Gasteiger partial charge on any atom is 0.265 e. The number of thiophene rings is 2. The van der Waals surface area contributed by atoms with Crippen LogP contribution in [0.4, 0.5) is 0 Å². The van der Waals surface area contributed by atoms with Crippen LogP contribution in [0.5, 0.6) is 0 Å². The highest BCUT2D eigenvalue weighted by molar-refractivity contribution is 7.22. The molecule has 0 amide bonds. The van der Waals surface area contributed by atoms with E-state index in [1.165, 1.54) is 9.75 Å². The molecule has 0 bridgehead atoms. The summed E-state index contributed by atoms with van der Waals surface area (Å²) in [5, 5.41) is 18.8. The molecule has 0 aliphatic carbocycles. The molecule has 0 atom stereocenters. The number of nitrogens with zero attached hydrogens (tertiary/aromatic N) is 4. The van der Waals surface area contributed by atoms with Crippen molar-refractivity contribution in [3.8, 4) is 21.9 Å². The lowest BCUT2D eigenvalue weighted by molar-refractivity contribution is 0.889. The predicted molar refractivity (Wildman–Crippen MR) is 125 cm³/mol. The minimum absolute atomic E-state index is 0.0812. The van der Waals surface area contributed by atoms with Gasteiger partial charge in [0.2, 0.25) is 0 Å². The molecular weight excluding hydrogens is 408 g/mol. The average Bonchev–Trinajstić information content (AvgIpc) is 3.34. The van der Waals surface area contributed by atoms with Crippen LogP contribution in [-0.2, 0) is 0 Å². The molecule has 2 aromatic rings. The van der Waals surface area contributed by atoms with Crippen molar-refractivity contribution in [2.45, 2.75) is 53.4 Å². The van der Waals surface area contributed by atoms with Crippen LogP contribution < -0.4 is 0 Å². The molecule has 0 aliphatic heterocycles. The summed E-state index contributed by atoms with van der Waals surface area (Å²) >= 11 is 3.30. The van der Waals surface area contributed by atoms with Crippen LogP contribution in [0.2, 0.25) is 0 Å². The van der Waals surface area contributed by atoms with Crippen LogP contribution in [0.25, 0.3) is 30.6 Å². The third kappa shape index (κ3) is 4.37. The Labute approximate surface area is 186 Å². The van der Waals surface area contributed by atoms with Gasteiger partial charge in [-0.3, -0.25) is 0 Å². The van der Waals surface area contributed by atoms with Crippen LogP contribution in [0.3, 0.4) is 0 Å². The van der Waals surface area contributed by atoms with Gasteiger partial charge in [0.15, 0.2) is 0 Å². The lowest BCUT2D eigenvalue weighted by Crippen LogP contribution is -1.87. The topological polar surface area (TPSA) is 56.3 Å². The van der Waals surface area contributed by atoms with E-state index in [1.807, 2.05) is 26.0 Å². The van der Waals surface area contributed by atoms with Gasteiger partial charge < -0.3 is 0 Å². The zero-order chi connectivity index (χ0) is 22.6. The lowest BCUT2D eigenvalue weighted by Gasteiger charge is -2.07. The van der Waals surface area contributed by atoms with E-state index in [9.17, 15) is 10.5 Å². The molecule has 2 aromatic heterocycles. The molecule has 0 radical (unpaired) electrons. The van der Waals surface area contributed by atoms with Gasteiger partial charge >= 0.3 is 0 Å². The van der Waals surface area contributed by atoms with Gasteiger partial charge in [-0.15, -0.1) is 22.7 Å². The van der Waals surface area contributed by atoms with Gasteiger partial charge in [-0.2, -0.15) is 0 Å². The molecule has 0 unspecified atom stereocenters. The highest BCUT2D eigenvalue weighted by atomic mass is 32.1. The van der Waals surface area contributed by atoms with E-state index in [1.54, 1.807) is 22.7 Å². The van der Waals surface area contributed by atoms with Gasteiger partial charge in [-0.1, -0.05) is 27.7 Å². The molecule has 0 N–H and O–H groups in total. The number of hydrogen-bond acceptors (Lipinski definition) is 4. The van der Waals surface area contributed by atoms with Crippen molar-refractivity contribution in [3.63, 3.8) is 0 Å². The molecule has 2 heterocycles. The van der Waals surface area contributed by atoms with Gasteiger partial charge in [0, 0.05) is 9.75 Å². The second-order valence-corrected chi connectivity index (χ2v) is 9.65. The monoisotopic (exact) mass is 430 g/mol. The molecule has 0 spiro atoms. The maximum absolute atomic E-state index is 9.40. The van der Waals surface area contributed by atoms with Crippen LogP contribution in [0.15, 0.2) is 23.5 Å². The van der Waals surface area contributed by atoms with Gasteiger partial charge in [-0.05, 0) is 60.1 Å². The molecule has 0 aromatic carbocycles. The van der Waals surface area contributed by atoms with Gasteiger partial charge in [-0.25, -0.2) is 20.2 Å². The standard InChI is InChI=1S/C24H22N4S2/c1-13(2)21-9-17(15(5)19(11-25)27-7)23(29-21)24-18(10-22(30-24)14(3)4)16(6)20(12-26)28-8/h9-10,13-14H,1-6H3/b19-15-,20-16+. The SMILES string of the molecule is [C-]#[N+]/C(C#N)=C(/C)c1cc(C(C)C)sc1-c1sc(C(C)C)cc1/C(C)=C(\C#N)[N+]#[C-]. The number of hydrogen-bond donors (Lipinski definition) is 0. The van der Waals surface area contributed by atoms with Gasteiger partial charge in [0.05, 0.1) is 35.0 Å². The molecule has 0 saturated heterocycles. The Morgan fingerprint density at radius 1 is 0.800 bits per heavy atom. The Morgan fingerprint density at radius 2 is 1.13 bits per heavy atom. The summed E-state index contributed by atoms with van der Waals surface area (Å²) in [6, 6.07) is 8.15. The van der Waals surface area contributed by atoms with Crippen molar-refractivity contribution >= 4 is 33.8 Å². The quantitative estimate of drug-likeness (QED) is 0.356. The van der Waals surface area contributed by atoms with Crippen molar-refractivity contribution < 1.29 is 0 Å². The van der Waals surface area contributed by atoms with E-state index < -0.39 is 0 Å². The molecule has 6 heteroatoms. The van der Waals surface area contributed by atoms with Crippen molar-refractivity contribution in [2.75, 3.05) is 0 Å². The Kier molecular flexibility index (Phi) is 7.37. The summed E-state index contributed by atoms with van der Waals surface area (Å²) in [5.74, 6) is 0.604. The van der Waals surface area contributed by atoms with Crippen molar-refractivity contribution in [3.05, 3.63) is 67.2 Å². The lowest BCUT2D eigenvalue weighted by atomic mass is 9.99. The fourth-order valence-corrected chi connectivity index (χ4v) is 5.52. The van der Waals surface area contributed by atoms with Crippen LogP contribution in [0.1, 0.15) is 74.3 Å². The van der Waals surface area contributed by atoms with Crippen molar-refractivity contribution in [2.24, 2.45) is 0 Å². The number of nitriles is 2. The zero-order valence-corrected chi connectivity index (χ0v) is 19.5. The summed E-state index contributed by atoms with van der Waals surface area (Å²) in [6.07, 6.45) is 0. The first-order chi connectivity index (χ1) is 14.2. The largest absolute Gasteiger partial charge is 0.265 e. The molecule has 2 rings (SSSR count). The second-order valence-electron chi connectivity index (χ2n) is 7.49. The minimum Gasteiger partial charge on any atom is -0.226 e. The molecule has 0 fully saturated rings. The van der Waals surface area contributed by atoms with E-state index in [2.05, 4.69) is 49.5 Å². The fourth-order valence-electron chi connectivity index (χ4n) is 2.92. The first kappa shape index (κ1) is 23.1. The summed E-state index contributed by atoms with van der Waals surface area (Å²) in [5.41, 5.74) is 3.23. The molecular formula is C24H22N4S2. The Hall–Kier alpha value is -3.16. The second kappa shape index (κ2) is 9.56. The van der Waals surface area contributed by atoms with Crippen LogP contribution in [0, 0.1) is 35.8 Å². The van der Waals surface area contributed by atoms with Crippen molar-refractivity contribution in [1.82, 2.24) is 0 Å². The smallest absolute Gasteiger partial charge is 0.226 e. The average molecular weight is 431 g/mol. The molecule has 4 nitrogen and oxygen atoms in total. The summed E-state index contributed by atoms with van der Waals surface area (Å²) < 4.78 is 0. The molecule has 0 aliphatic rings. The highest BCUT2D eigenvalue weighted by Crippen LogP contribution is 2.47. The van der Waals surface area contributed by atoms with E-state index in [0.29, 0.717) is 23.0 Å². The maximum atomic E-state index is 9.40. The van der Waals surface area contributed by atoms with E-state index in [-0.39, 0.29) is 11.4 Å². The first-order valence-corrected chi connectivity index (χ1v) is 11.1. The highest BCUT2D eigenvalue weighted by Gasteiger charge is 2.23. The van der Waals surface area contributed by atoms with Gasteiger partial charge in [0.1, 0.15) is 0 Å². The molecule has 30 heavy (non-hydrogen) atoms. The number of rotatable bonds is 5. The fraction of sp³-hybridized carbons (Fsp3) is 0.333. The van der Waals surface area contributed by atoms with E-state index in [0.717, 1.165) is 20.9 Å². The Balaban J connectivity index is 2.96. The number of allylic oxidation sites excluding steroid dienone is 4. The summed E-state index contributed by atoms with van der Waals surface area (Å²) in [7, 11) is 0. The Bertz CT molecular complexity index is 1080. The first-order valence-electron chi connectivity index (χ1n) is 9.45. The van der Waals surface area contributed by atoms with Crippen LogP contribution >= 0.6 is 22.7 Å². The van der Waals surface area contributed by atoms with Gasteiger partial charge in [0.25, 0.3) is 11.4 Å². The molecule has 0 saturated carbocycles. The zero-order valence-electron chi connectivity index (χ0n) is 17.9. The predicted octanol–water partition coefficient (Wildman–Crippen LogP) is 8.07. The van der Waals surface area contributed by atoms with Crippen molar-refractivity contribution in [1.29, 1.82) is 10.5 Å². The molecule has 150 valence electrons. The van der Waals surface area contributed by atoms with E-state index >= 15 is 0 Å². The normalized spacial score (nSPS) is 12.5. The van der Waals surface area contributed by atoms with E-state index in [4.69, 9.17) is 13.1 Å². The summed E-state index contributed by atoms with van der Waals surface area (Å²) in [4.78, 5) is 11.1. The third-order valence-electron chi connectivity index (χ3n) is 4.80. The Morgan fingerprint density at radius 3 is 1.37 bits per heavy atom.